The number of halogens is 1. The van der Waals surface area contributed by atoms with Gasteiger partial charge in [0.25, 0.3) is 10.0 Å². The van der Waals surface area contributed by atoms with Crippen LogP contribution in [-0.2, 0) is 10.0 Å². The molecule has 0 amide bonds. The Balaban J connectivity index is 2.51. The van der Waals surface area contributed by atoms with Crippen molar-refractivity contribution in [2.45, 2.75) is 4.90 Å². The minimum absolute atomic E-state index is 0.0374. The lowest BCUT2D eigenvalue weighted by molar-refractivity contribution is 0.403. The molecule has 2 aromatic carbocycles. The Kier molecular flexibility index (Phi) is 4.43. The maximum atomic E-state index is 12.7. The van der Waals surface area contributed by atoms with Crippen LogP contribution in [0.5, 0.6) is 5.75 Å². The second-order valence-corrected chi connectivity index (χ2v) is 7.21. The molecule has 7 heteroatoms. The van der Waals surface area contributed by atoms with Crippen LogP contribution in [0.25, 0.3) is 0 Å². The van der Waals surface area contributed by atoms with Gasteiger partial charge in [-0.15, -0.1) is 0 Å². The number of sulfonamides is 1. The first-order valence-electron chi connectivity index (χ1n) is 6.04. The molecule has 2 aromatic rings. The first-order valence-corrected chi connectivity index (χ1v) is 8.27. The molecule has 0 aliphatic heterocycles. The standard InChI is InChI=1S/C14H15BrN2O3S/c1-17(12-6-3-10(15)4-7-12)21(18,19)14-9-11(16)5-8-13(14)20-2/h3-9H,16H2,1-2H3. The van der Waals surface area contributed by atoms with Gasteiger partial charge in [0, 0.05) is 17.2 Å². The van der Waals surface area contributed by atoms with Gasteiger partial charge in [-0.1, -0.05) is 15.9 Å². The van der Waals surface area contributed by atoms with Crippen LogP contribution in [0.1, 0.15) is 0 Å². The molecule has 0 radical (unpaired) electrons. The van der Waals surface area contributed by atoms with Gasteiger partial charge in [-0.2, -0.15) is 0 Å². The summed E-state index contributed by atoms with van der Waals surface area (Å²) in [6.07, 6.45) is 0. The van der Waals surface area contributed by atoms with Crippen molar-refractivity contribution in [2.24, 2.45) is 0 Å². The van der Waals surface area contributed by atoms with E-state index in [1.54, 1.807) is 30.3 Å². The highest BCUT2D eigenvalue weighted by atomic mass is 79.9. The number of nitrogen functional groups attached to an aromatic ring is 1. The summed E-state index contributed by atoms with van der Waals surface area (Å²) in [7, 11) is -0.849. The molecule has 0 saturated carbocycles. The van der Waals surface area contributed by atoms with Crippen molar-refractivity contribution in [3.63, 3.8) is 0 Å². The van der Waals surface area contributed by atoms with Crippen LogP contribution in [0.15, 0.2) is 51.8 Å². The van der Waals surface area contributed by atoms with E-state index in [9.17, 15) is 8.42 Å². The third kappa shape index (κ3) is 3.14. The van der Waals surface area contributed by atoms with Crippen molar-refractivity contribution in [3.05, 3.63) is 46.9 Å². The average molecular weight is 371 g/mol. The quantitative estimate of drug-likeness (QED) is 0.839. The summed E-state index contributed by atoms with van der Waals surface area (Å²) in [5.41, 5.74) is 6.60. The highest BCUT2D eigenvalue weighted by Crippen LogP contribution is 2.31. The van der Waals surface area contributed by atoms with E-state index >= 15 is 0 Å². The molecule has 0 fully saturated rings. The zero-order valence-corrected chi connectivity index (χ0v) is 14.0. The van der Waals surface area contributed by atoms with Gasteiger partial charge in [0.2, 0.25) is 0 Å². The van der Waals surface area contributed by atoms with Crippen LogP contribution in [0.3, 0.4) is 0 Å². The lowest BCUT2D eigenvalue weighted by Gasteiger charge is -2.21. The molecule has 0 heterocycles. The normalized spacial score (nSPS) is 11.2. The molecule has 0 aromatic heterocycles. The maximum absolute atomic E-state index is 12.7. The zero-order valence-electron chi connectivity index (χ0n) is 11.6. The van der Waals surface area contributed by atoms with Crippen LogP contribution >= 0.6 is 15.9 Å². The van der Waals surface area contributed by atoms with Crippen LogP contribution < -0.4 is 14.8 Å². The van der Waals surface area contributed by atoms with Crippen molar-refractivity contribution in [1.82, 2.24) is 0 Å². The number of benzene rings is 2. The molecule has 0 bridgehead atoms. The van der Waals surface area contributed by atoms with Gasteiger partial charge in [-0.25, -0.2) is 8.42 Å². The second kappa shape index (κ2) is 5.95. The summed E-state index contributed by atoms with van der Waals surface area (Å²) >= 11 is 3.32. The molecule has 0 unspecified atom stereocenters. The summed E-state index contributed by atoms with van der Waals surface area (Å²) in [4.78, 5) is 0.0374. The molecular weight excluding hydrogens is 356 g/mol. The Morgan fingerprint density at radius 3 is 2.33 bits per heavy atom. The van der Waals surface area contributed by atoms with Crippen LogP contribution in [0.4, 0.5) is 11.4 Å². The highest BCUT2D eigenvalue weighted by Gasteiger charge is 2.25. The van der Waals surface area contributed by atoms with E-state index in [2.05, 4.69) is 15.9 Å². The summed E-state index contributed by atoms with van der Waals surface area (Å²) in [6, 6.07) is 11.5. The second-order valence-electron chi connectivity index (χ2n) is 4.36. The Hall–Kier alpha value is -1.73. The SMILES string of the molecule is COc1ccc(N)cc1S(=O)(=O)N(C)c1ccc(Br)cc1. The summed E-state index contributed by atoms with van der Waals surface area (Å²) < 4.78 is 32.6. The van der Waals surface area contributed by atoms with Gasteiger partial charge in [-0.05, 0) is 42.5 Å². The minimum atomic E-state index is -3.76. The van der Waals surface area contributed by atoms with Gasteiger partial charge in [0.1, 0.15) is 10.6 Å². The molecule has 0 aliphatic carbocycles. The fourth-order valence-electron chi connectivity index (χ4n) is 1.83. The van der Waals surface area contributed by atoms with Crippen LogP contribution in [0, 0.1) is 0 Å². The summed E-state index contributed by atoms with van der Waals surface area (Å²) in [5.74, 6) is 0.258. The molecule has 2 rings (SSSR count). The van der Waals surface area contributed by atoms with E-state index in [1.165, 1.54) is 30.6 Å². The average Bonchev–Trinajstić information content (AvgIpc) is 2.47. The number of nitrogens with zero attached hydrogens (tertiary/aromatic N) is 1. The van der Waals surface area contributed by atoms with E-state index in [1.807, 2.05) is 0 Å². The molecule has 5 nitrogen and oxygen atoms in total. The molecule has 21 heavy (non-hydrogen) atoms. The molecule has 112 valence electrons. The predicted molar refractivity (Wildman–Crippen MR) is 87.1 cm³/mol. The van der Waals surface area contributed by atoms with E-state index < -0.39 is 10.0 Å². The van der Waals surface area contributed by atoms with E-state index in [-0.39, 0.29) is 10.6 Å². The summed E-state index contributed by atoms with van der Waals surface area (Å²) in [6.45, 7) is 0. The number of nitrogens with two attached hydrogens (primary N) is 1. The minimum Gasteiger partial charge on any atom is -0.495 e. The smallest absolute Gasteiger partial charge is 0.267 e. The van der Waals surface area contributed by atoms with Crippen LogP contribution in [0.2, 0.25) is 0 Å². The monoisotopic (exact) mass is 370 g/mol. The van der Waals surface area contributed by atoms with Gasteiger partial charge >= 0.3 is 0 Å². The van der Waals surface area contributed by atoms with Crippen LogP contribution in [-0.4, -0.2) is 22.6 Å². The van der Waals surface area contributed by atoms with Gasteiger partial charge < -0.3 is 10.5 Å². The molecule has 0 aliphatic rings. The Morgan fingerprint density at radius 2 is 1.76 bits per heavy atom. The third-order valence-corrected chi connectivity index (χ3v) is 5.35. The Morgan fingerprint density at radius 1 is 1.14 bits per heavy atom. The molecule has 0 atom stereocenters. The number of methoxy groups -OCH3 is 1. The van der Waals surface area contributed by atoms with Crippen molar-refractivity contribution >= 4 is 37.3 Å². The Labute approximate surface area is 132 Å². The first kappa shape index (κ1) is 15.7. The fraction of sp³-hybridized carbons (Fsp3) is 0.143. The van der Waals surface area contributed by atoms with Crippen molar-refractivity contribution in [2.75, 3.05) is 24.2 Å². The largest absolute Gasteiger partial charge is 0.495 e. The van der Waals surface area contributed by atoms with E-state index in [0.717, 1.165) is 4.47 Å². The fourth-order valence-corrected chi connectivity index (χ4v) is 3.48. The number of hydrogen-bond donors (Lipinski definition) is 1. The number of anilines is 2. The first-order chi connectivity index (χ1) is 9.86. The Bertz CT molecular complexity index is 745. The number of rotatable bonds is 4. The van der Waals surface area contributed by atoms with Crippen molar-refractivity contribution in [3.8, 4) is 5.75 Å². The lowest BCUT2D eigenvalue weighted by Crippen LogP contribution is -2.27. The van der Waals surface area contributed by atoms with Gasteiger partial charge in [0.15, 0.2) is 0 Å². The van der Waals surface area contributed by atoms with E-state index in [4.69, 9.17) is 10.5 Å². The summed E-state index contributed by atoms with van der Waals surface area (Å²) in [5, 5.41) is 0. The molecule has 0 saturated heterocycles. The topological polar surface area (TPSA) is 72.6 Å². The van der Waals surface area contributed by atoms with E-state index in [0.29, 0.717) is 11.4 Å². The number of hydrogen-bond acceptors (Lipinski definition) is 4. The molecular formula is C14H15BrN2O3S. The lowest BCUT2D eigenvalue weighted by atomic mass is 10.3. The maximum Gasteiger partial charge on any atom is 0.267 e. The molecule has 0 spiro atoms. The van der Waals surface area contributed by atoms with Gasteiger partial charge in [-0.3, -0.25) is 4.31 Å². The zero-order chi connectivity index (χ0) is 15.6. The third-order valence-electron chi connectivity index (χ3n) is 3.02. The van der Waals surface area contributed by atoms with Crippen molar-refractivity contribution < 1.29 is 13.2 Å². The predicted octanol–water partition coefficient (Wildman–Crippen LogP) is 2.87. The van der Waals surface area contributed by atoms with Crippen molar-refractivity contribution in [1.29, 1.82) is 0 Å². The number of ether oxygens (including phenoxy) is 1. The highest BCUT2D eigenvalue weighted by molar-refractivity contribution is 9.10. The molecule has 2 N–H and O–H groups in total. The van der Waals surface area contributed by atoms with Gasteiger partial charge in [0.05, 0.1) is 12.8 Å².